The van der Waals surface area contributed by atoms with Crippen molar-refractivity contribution in [1.82, 2.24) is 0 Å². The third kappa shape index (κ3) is 3.03. The van der Waals surface area contributed by atoms with Gasteiger partial charge in [-0.1, -0.05) is 15.9 Å². The molecule has 0 bridgehead atoms. The number of hydrogen-bond acceptors (Lipinski definition) is 3. The Balaban J connectivity index is 2.05. The van der Waals surface area contributed by atoms with Crippen LogP contribution in [-0.2, 0) is 9.53 Å². The quantitative estimate of drug-likeness (QED) is 0.873. The fourth-order valence-electron chi connectivity index (χ4n) is 2.10. The monoisotopic (exact) mass is 312 g/mol. The molecule has 1 aliphatic heterocycles. The van der Waals surface area contributed by atoms with E-state index in [0.29, 0.717) is 12.1 Å². The first-order valence-electron chi connectivity index (χ1n) is 6.01. The van der Waals surface area contributed by atoms with E-state index in [-0.39, 0.29) is 12.0 Å². The average Bonchev–Trinajstić information content (AvgIpc) is 2.81. The maximum atomic E-state index is 12.1. The average molecular weight is 313 g/mol. The number of carbonyl (C=O) groups excluding carboxylic acids is 1. The summed E-state index contributed by atoms with van der Waals surface area (Å²) in [4.78, 5) is 13.7. The lowest BCUT2D eigenvalue weighted by Crippen LogP contribution is -2.30. The van der Waals surface area contributed by atoms with E-state index in [1.165, 1.54) is 0 Å². The third-order valence-corrected chi connectivity index (χ3v) is 3.64. The largest absolute Gasteiger partial charge is 0.397 e. The molecule has 1 amide bonds. The van der Waals surface area contributed by atoms with Crippen molar-refractivity contribution in [3.63, 3.8) is 0 Å². The van der Waals surface area contributed by atoms with Crippen LogP contribution in [0.15, 0.2) is 22.7 Å². The maximum absolute atomic E-state index is 12.1. The Labute approximate surface area is 115 Å². The topological polar surface area (TPSA) is 55.6 Å². The molecule has 0 saturated carbocycles. The minimum atomic E-state index is 0.0379. The second kappa shape index (κ2) is 5.71. The van der Waals surface area contributed by atoms with Crippen LogP contribution in [0, 0.1) is 0 Å². The van der Waals surface area contributed by atoms with E-state index in [4.69, 9.17) is 10.5 Å². The molecule has 1 unspecified atom stereocenters. The summed E-state index contributed by atoms with van der Waals surface area (Å²) in [5.41, 5.74) is 7.24. The molecule has 1 fully saturated rings. The highest BCUT2D eigenvalue weighted by Gasteiger charge is 2.22. The standard InChI is InChI=1S/C13H17BrN2O2/c1-16(12-5-4-9(14)7-11(12)15)13(17)8-10-3-2-6-18-10/h4-5,7,10H,2-3,6,8,15H2,1H3. The molecular formula is C13H17BrN2O2. The van der Waals surface area contributed by atoms with Crippen LogP contribution in [0.2, 0.25) is 0 Å². The van der Waals surface area contributed by atoms with Crippen molar-refractivity contribution in [2.75, 3.05) is 24.3 Å². The van der Waals surface area contributed by atoms with Crippen LogP contribution in [-0.4, -0.2) is 25.7 Å². The first-order valence-corrected chi connectivity index (χ1v) is 6.80. The van der Waals surface area contributed by atoms with Crippen LogP contribution >= 0.6 is 15.9 Å². The number of anilines is 2. The first-order chi connectivity index (χ1) is 8.58. The molecule has 1 atom stereocenters. The molecule has 0 aliphatic carbocycles. The summed E-state index contributed by atoms with van der Waals surface area (Å²) in [6.45, 7) is 0.766. The number of carbonyl (C=O) groups is 1. The Hall–Kier alpha value is -1.07. The lowest BCUT2D eigenvalue weighted by atomic mass is 10.1. The predicted octanol–water partition coefficient (Wildman–Crippen LogP) is 2.56. The highest BCUT2D eigenvalue weighted by Crippen LogP contribution is 2.27. The molecule has 1 aromatic carbocycles. The number of nitrogen functional groups attached to an aromatic ring is 1. The van der Waals surface area contributed by atoms with Crippen molar-refractivity contribution in [3.8, 4) is 0 Å². The number of nitrogens with zero attached hydrogens (tertiary/aromatic N) is 1. The van der Waals surface area contributed by atoms with Gasteiger partial charge in [-0.15, -0.1) is 0 Å². The number of nitrogens with two attached hydrogens (primary N) is 1. The summed E-state index contributed by atoms with van der Waals surface area (Å²) < 4.78 is 6.38. The summed E-state index contributed by atoms with van der Waals surface area (Å²) in [6.07, 6.45) is 2.50. The van der Waals surface area contributed by atoms with Crippen molar-refractivity contribution in [1.29, 1.82) is 0 Å². The molecule has 18 heavy (non-hydrogen) atoms. The second-order valence-electron chi connectivity index (χ2n) is 4.50. The zero-order valence-electron chi connectivity index (χ0n) is 10.4. The fourth-order valence-corrected chi connectivity index (χ4v) is 2.48. The van der Waals surface area contributed by atoms with Gasteiger partial charge in [-0.3, -0.25) is 4.79 Å². The maximum Gasteiger partial charge on any atom is 0.229 e. The smallest absolute Gasteiger partial charge is 0.229 e. The van der Waals surface area contributed by atoms with Gasteiger partial charge in [0.2, 0.25) is 5.91 Å². The number of halogens is 1. The van der Waals surface area contributed by atoms with Crippen molar-refractivity contribution in [3.05, 3.63) is 22.7 Å². The Morgan fingerprint density at radius 2 is 2.39 bits per heavy atom. The minimum Gasteiger partial charge on any atom is -0.397 e. The molecule has 2 N–H and O–H groups in total. The van der Waals surface area contributed by atoms with Crippen LogP contribution in [0.3, 0.4) is 0 Å². The van der Waals surface area contributed by atoms with E-state index < -0.39 is 0 Å². The summed E-state index contributed by atoms with van der Waals surface area (Å²) in [6, 6.07) is 5.51. The molecule has 1 saturated heterocycles. The Kier molecular flexibility index (Phi) is 4.24. The van der Waals surface area contributed by atoms with Crippen LogP contribution in [0.4, 0.5) is 11.4 Å². The van der Waals surface area contributed by atoms with Gasteiger partial charge >= 0.3 is 0 Å². The molecule has 5 heteroatoms. The SMILES string of the molecule is CN(C(=O)CC1CCCO1)c1ccc(Br)cc1N. The van der Waals surface area contributed by atoms with Gasteiger partial charge in [0.05, 0.1) is 23.9 Å². The molecule has 4 nitrogen and oxygen atoms in total. The molecule has 1 aromatic rings. The number of benzene rings is 1. The Morgan fingerprint density at radius 3 is 3.00 bits per heavy atom. The molecule has 0 radical (unpaired) electrons. The summed E-state index contributed by atoms with van der Waals surface area (Å²) in [5, 5.41) is 0. The number of hydrogen-bond donors (Lipinski definition) is 1. The number of rotatable bonds is 3. The van der Waals surface area contributed by atoms with Crippen LogP contribution in [0.1, 0.15) is 19.3 Å². The van der Waals surface area contributed by atoms with Crippen molar-refractivity contribution in [2.45, 2.75) is 25.4 Å². The first kappa shape index (κ1) is 13.4. The van der Waals surface area contributed by atoms with Crippen LogP contribution < -0.4 is 10.6 Å². The predicted molar refractivity (Wildman–Crippen MR) is 75.6 cm³/mol. The van der Waals surface area contributed by atoms with Gasteiger partial charge < -0.3 is 15.4 Å². The lowest BCUT2D eigenvalue weighted by molar-refractivity contribution is -0.120. The van der Waals surface area contributed by atoms with Crippen LogP contribution in [0.5, 0.6) is 0 Å². The van der Waals surface area contributed by atoms with Gasteiger partial charge in [-0.2, -0.15) is 0 Å². The van der Waals surface area contributed by atoms with Crippen molar-refractivity contribution in [2.24, 2.45) is 0 Å². The summed E-state index contributed by atoms with van der Waals surface area (Å²) >= 11 is 3.35. The molecule has 2 rings (SSSR count). The zero-order valence-corrected chi connectivity index (χ0v) is 11.9. The van der Waals surface area contributed by atoms with Crippen molar-refractivity contribution < 1.29 is 9.53 Å². The van der Waals surface area contributed by atoms with E-state index in [2.05, 4.69) is 15.9 Å². The van der Waals surface area contributed by atoms with E-state index in [1.807, 2.05) is 12.1 Å². The van der Waals surface area contributed by atoms with Gasteiger partial charge in [0.15, 0.2) is 0 Å². The molecular weight excluding hydrogens is 296 g/mol. The minimum absolute atomic E-state index is 0.0379. The van der Waals surface area contributed by atoms with E-state index in [9.17, 15) is 4.79 Å². The third-order valence-electron chi connectivity index (χ3n) is 3.15. The highest BCUT2D eigenvalue weighted by atomic mass is 79.9. The van der Waals surface area contributed by atoms with Gasteiger partial charge in [-0.05, 0) is 31.0 Å². The Bertz CT molecular complexity index is 445. The molecule has 1 heterocycles. The fraction of sp³-hybridized carbons (Fsp3) is 0.462. The molecule has 98 valence electrons. The van der Waals surface area contributed by atoms with Gasteiger partial charge in [0, 0.05) is 18.1 Å². The van der Waals surface area contributed by atoms with Crippen molar-refractivity contribution >= 4 is 33.2 Å². The normalized spacial score (nSPS) is 18.9. The van der Waals surface area contributed by atoms with Crippen LogP contribution in [0.25, 0.3) is 0 Å². The highest BCUT2D eigenvalue weighted by molar-refractivity contribution is 9.10. The van der Waals surface area contributed by atoms with E-state index in [1.54, 1.807) is 18.0 Å². The molecule has 1 aliphatic rings. The number of ether oxygens (including phenoxy) is 1. The van der Waals surface area contributed by atoms with Gasteiger partial charge in [-0.25, -0.2) is 0 Å². The van der Waals surface area contributed by atoms with E-state index in [0.717, 1.165) is 29.6 Å². The lowest BCUT2D eigenvalue weighted by Gasteiger charge is -2.21. The Morgan fingerprint density at radius 1 is 1.61 bits per heavy atom. The van der Waals surface area contributed by atoms with Gasteiger partial charge in [0.1, 0.15) is 0 Å². The second-order valence-corrected chi connectivity index (χ2v) is 5.41. The summed E-state index contributed by atoms with van der Waals surface area (Å²) in [5.74, 6) is 0.0379. The van der Waals surface area contributed by atoms with E-state index >= 15 is 0 Å². The molecule has 0 aromatic heterocycles. The molecule has 0 spiro atoms. The summed E-state index contributed by atoms with van der Waals surface area (Å²) in [7, 11) is 1.75. The van der Waals surface area contributed by atoms with Gasteiger partial charge in [0.25, 0.3) is 0 Å². The number of amides is 1. The zero-order chi connectivity index (χ0) is 13.1.